The molecule has 0 aliphatic carbocycles. The van der Waals surface area contributed by atoms with E-state index in [-0.39, 0.29) is 17.0 Å². The third-order valence-corrected chi connectivity index (χ3v) is 4.41. The lowest BCUT2D eigenvalue weighted by Gasteiger charge is -2.01. The molecule has 0 aliphatic heterocycles. The van der Waals surface area contributed by atoms with Gasteiger partial charge in [-0.15, -0.1) is 0 Å². The van der Waals surface area contributed by atoms with E-state index in [4.69, 9.17) is 11.6 Å². The van der Waals surface area contributed by atoms with Crippen molar-refractivity contribution in [2.45, 2.75) is 5.75 Å². The van der Waals surface area contributed by atoms with Crippen LogP contribution >= 0.6 is 11.6 Å². The molecule has 7 heteroatoms. The number of para-hydroxylation sites is 1. The van der Waals surface area contributed by atoms with Crippen LogP contribution in [0, 0.1) is 10.1 Å². The first kappa shape index (κ1) is 16.2. The van der Waals surface area contributed by atoms with Gasteiger partial charge in [0.15, 0.2) is 9.84 Å². The van der Waals surface area contributed by atoms with Crippen LogP contribution in [0.4, 0.5) is 5.69 Å². The molecule has 0 N–H and O–H groups in total. The minimum absolute atomic E-state index is 0.138. The molecule has 0 spiro atoms. The zero-order valence-corrected chi connectivity index (χ0v) is 12.9. The molecule has 2 aromatic carbocycles. The van der Waals surface area contributed by atoms with E-state index in [0.29, 0.717) is 10.6 Å². The van der Waals surface area contributed by atoms with Gasteiger partial charge in [-0.1, -0.05) is 35.9 Å². The Hall–Kier alpha value is -2.18. The Morgan fingerprint density at radius 3 is 2.36 bits per heavy atom. The van der Waals surface area contributed by atoms with Crippen LogP contribution in [0.25, 0.3) is 6.08 Å². The lowest BCUT2D eigenvalue weighted by molar-refractivity contribution is -0.385. The first-order valence-electron chi connectivity index (χ1n) is 6.26. The average molecular weight is 338 g/mol. The second-order valence-corrected chi connectivity index (χ2v) is 6.88. The number of nitro groups is 1. The number of sulfone groups is 1. The highest BCUT2D eigenvalue weighted by Crippen LogP contribution is 2.20. The highest BCUT2D eigenvalue weighted by atomic mass is 35.5. The first-order chi connectivity index (χ1) is 10.4. The Morgan fingerprint density at radius 2 is 1.73 bits per heavy atom. The number of benzene rings is 2. The normalized spacial score (nSPS) is 11.7. The van der Waals surface area contributed by atoms with Crippen LogP contribution in [-0.2, 0) is 15.6 Å². The van der Waals surface area contributed by atoms with Crippen LogP contribution in [0.3, 0.4) is 0 Å². The molecule has 0 atom stereocenters. The maximum Gasteiger partial charge on any atom is 0.276 e. The predicted octanol–water partition coefficient (Wildman–Crippen LogP) is 3.83. The molecule has 0 saturated heterocycles. The van der Waals surface area contributed by atoms with Gasteiger partial charge < -0.3 is 0 Å². The molecule has 2 aromatic rings. The fourth-order valence-electron chi connectivity index (χ4n) is 1.83. The standard InChI is InChI=1S/C15H12ClNO4S/c16-14-7-5-12(6-8-14)11-22(20,21)10-9-13-3-1-2-4-15(13)17(18)19/h1-10H,11H2. The van der Waals surface area contributed by atoms with Crippen molar-refractivity contribution in [2.75, 3.05) is 0 Å². The van der Waals surface area contributed by atoms with Crippen LogP contribution in [0.5, 0.6) is 0 Å². The molecule has 0 amide bonds. The van der Waals surface area contributed by atoms with E-state index in [1.54, 1.807) is 30.3 Å². The maximum absolute atomic E-state index is 12.0. The van der Waals surface area contributed by atoms with Gasteiger partial charge in [0.1, 0.15) is 0 Å². The highest BCUT2D eigenvalue weighted by Gasteiger charge is 2.12. The molecule has 0 radical (unpaired) electrons. The smallest absolute Gasteiger partial charge is 0.258 e. The van der Waals surface area contributed by atoms with Crippen LogP contribution in [0.15, 0.2) is 53.9 Å². The van der Waals surface area contributed by atoms with Crippen molar-refractivity contribution >= 4 is 33.2 Å². The molecule has 2 rings (SSSR count). The Kier molecular flexibility index (Phi) is 4.95. The molecular formula is C15H12ClNO4S. The summed E-state index contributed by atoms with van der Waals surface area (Å²) in [6.45, 7) is 0. The van der Waals surface area contributed by atoms with Crippen LogP contribution in [0.2, 0.25) is 5.02 Å². The fourth-order valence-corrected chi connectivity index (χ4v) is 3.07. The van der Waals surface area contributed by atoms with E-state index in [2.05, 4.69) is 0 Å². The summed E-state index contributed by atoms with van der Waals surface area (Å²) < 4.78 is 24.1. The summed E-state index contributed by atoms with van der Waals surface area (Å²) in [7, 11) is -3.53. The van der Waals surface area contributed by atoms with Gasteiger partial charge >= 0.3 is 0 Å². The molecule has 0 aliphatic rings. The highest BCUT2D eigenvalue weighted by molar-refractivity contribution is 7.93. The van der Waals surface area contributed by atoms with Gasteiger partial charge in [0, 0.05) is 16.5 Å². The quantitative estimate of drug-likeness (QED) is 0.613. The minimum atomic E-state index is -3.53. The second kappa shape index (κ2) is 6.72. The zero-order valence-electron chi connectivity index (χ0n) is 11.3. The van der Waals surface area contributed by atoms with E-state index in [1.807, 2.05) is 0 Å². The minimum Gasteiger partial charge on any atom is -0.258 e. The fraction of sp³-hybridized carbons (Fsp3) is 0.0667. The summed E-state index contributed by atoms with van der Waals surface area (Å²) in [5.74, 6) is -0.193. The number of nitro benzene ring substituents is 1. The van der Waals surface area contributed by atoms with E-state index in [0.717, 1.165) is 5.41 Å². The summed E-state index contributed by atoms with van der Waals surface area (Å²) in [4.78, 5) is 10.3. The summed E-state index contributed by atoms with van der Waals surface area (Å²) in [5, 5.41) is 12.4. The summed E-state index contributed by atoms with van der Waals surface area (Å²) >= 11 is 5.74. The maximum atomic E-state index is 12.0. The van der Waals surface area contributed by atoms with Crippen molar-refractivity contribution in [2.24, 2.45) is 0 Å². The summed E-state index contributed by atoms with van der Waals surface area (Å²) in [6, 6.07) is 12.4. The van der Waals surface area contributed by atoms with Gasteiger partial charge in [0.25, 0.3) is 5.69 Å². The van der Waals surface area contributed by atoms with Gasteiger partial charge in [-0.2, -0.15) is 0 Å². The lowest BCUT2D eigenvalue weighted by atomic mass is 10.2. The molecule has 0 aromatic heterocycles. The topological polar surface area (TPSA) is 77.3 Å². The summed E-state index contributed by atoms with van der Waals surface area (Å²) in [6.07, 6.45) is 1.24. The molecule has 0 saturated carbocycles. The van der Waals surface area contributed by atoms with Gasteiger partial charge in [-0.3, -0.25) is 10.1 Å². The Labute approximate surface area is 132 Å². The molecule has 0 bridgehead atoms. The van der Waals surface area contributed by atoms with Crippen molar-refractivity contribution in [1.82, 2.24) is 0 Å². The number of hydrogen-bond acceptors (Lipinski definition) is 4. The SMILES string of the molecule is O=[N+]([O-])c1ccccc1C=CS(=O)(=O)Cc1ccc(Cl)cc1. The van der Waals surface area contributed by atoms with Gasteiger partial charge in [0.2, 0.25) is 0 Å². The average Bonchev–Trinajstić information content (AvgIpc) is 2.48. The number of rotatable bonds is 5. The number of nitrogens with zero attached hydrogens (tertiary/aromatic N) is 1. The largest absolute Gasteiger partial charge is 0.276 e. The predicted molar refractivity (Wildman–Crippen MR) is 86.2 cm³/mol. The van der Waals surface area contributed by atoms with E-state index >= 15 is 0 Å². The monoisotopic (exact) mass is 337 g/mol. The number of halogens is 1. The second-order valence-electron chi connectivity index (χ2n) is 4.55. The van der Waals surface area contributed by atoms with Crippen molar-refractivity contribution in [3.8, 4) is 0 Å². The van der Waals surface area contributed by atoms with Gasteiger partial charge in [-0.05, 0) is 29.8 Å². The van der Waals surface area contributed by atoms with E-state index < -0.39 is 14.8 Å². The van der Waals surface area contributed by atoms with Gasteiger partial charge in [-0.25, -0.2) is 8.42 Å². The Morgan fingerprint density at radius 1 is 1.09 bits per heavy atom. The van der Waals surface area contributed by atoms with Crippen LogP contribution in [-0.4, -0.2) is 13.3 Å². The van der Waals surface area contributed by atoms with Crippen molar-refractivity contribution < 1.29 is 13.3 Å². The van der Waals surface area contributed by atoms with Crippen molar-refractivity contribution in [1.29, 1.82) is 0 Å². The third kappa shape index (κ3) is 4.41. The Balaban J connectivity index is 2.21. The molecule has 0 unspecified atom stereocenters. The first-order valence-corrected chi connectivity index (χ1v) is 8.35. The third-order valence-electron chi connectivity index (χ3n) is 2.87. The van der Waals surface area contributed by atoms with E-state index in [1.165, 1.54) is 24.3 Å². The molecular weight excluding hydrogens is 326 g/mol. The van der Waals surface area contributed by atoms with Gasteiger partial charge in [0.05, 0.1) is 16.2 Å². The molecule has 5 nitrogen and oxygen atoms in total. The van der Waals surface area contributed by atoms with Crippen molar-refractivity contribution in [3.05, 3.63) is 80.2 Å². The summed E-state index contributed by atoms with van der Waals surface area (Å²) in [5.41, 5.74) is 0.698. The zero-order chi connectivity index (χ0) is 16.2. The number of hydrogen-bond donors (Lipinski definition) is 0. The molecule has 114 valence electrons. The molecule has 22 heavy (non-hydrogen) atoms. The lowest BCUT2D eigenvalue weighted by Crippen LogP contribution is -2.00. The van der Waals surface area contributed by atoms with E-state index in [9.17, 15) is 18.5 Å². The van der Waals surface area contributed by atoms with Crippen LogP contribution < -0.4 is 0 Å². The van der Waals surface area contributed by atoms with Crippen molar-refractivity contribution in [3.63, 3.8) is 0 Å². The Bertz CT molecular complexity index is 814. The molecule has 0 fully saturated rings. The van der Waals surface area contributed by atoms with Crippen LogP contribution in [0.1, 0.15) is 11.1 Å². The molecule has 0 heterocycles.